The molecule has 6 nitrogen and oxygen atoms in total. The summed E-state index contributed by atoms with van der Waals surface area (Å²) in [4.78, 5) is 38.2. The van der Waals surface area contributed by atoms with Gasteiger partial charge in [-0.15, -0.1) is 0 Å². The molecule has 0 radical (unpaired) electrons. The Balaban J connectivity index is 4.31. The van der Waals surface area contributed by atoms with Crippen molar-refractivity contribution in [2.24, 2.45) is 0 Å². The third kappa shape index (κ3) is 61.1. The number of allylic oxidation sites excluding steroid dienone is 16. The minimum absolute atomic E-state index is 0.0981. The molecular formula is C69H118O6. The fraction of sp³-hybridized carbons (Fsp3) is 0.725. The average molecular weight is 1040 g/mol. The van der Waals surface area contributed by atoms with Gasteiger partial charge in [-0.2, -0.15) is 0 Å². The summed E-state index contributed by atoms with van der Waals surface area (Å²) < 4.78 is 16.9. The highest BCUT2D eigenvalue weighted by molar-refractivity contribution is 5.71. The van der Waals surface area contributed by atoms with Crippen molar-refractivity contribution in [2.45, 2.75) is 309 Å². The monoisotopic (exact) mass is 1040 g/mol. The molecule has 0 spiro atoms. The van der Waals surface area contributed by atoms with Crippen LogP contribution < -0.4 is 0 Å². The van der Waals surface area contributed by atoms with Crippen LogP contribution in [0.25, 0.3) is 0 Å². The number of ether oxygens (including phenoxy) is 3. The lowest BCUT2D eigenvalue weighted by atomic mass is 10.0. The molecule has 0 amide bonds. The molecule has 0 heterocycles. The zero-order valence-electron chi connectivity index (χ0n) is 49.3. The first-order valence-corrected chi connectivity index (χ1v) is 31.7. The van der Waals surface area contributed by atoms with Crippen LogP contribution in [0.1, 0.15) is 303 Å². The first-order chi connectivity index (χ1) is 37.0. The fourth-order valence-electron chi connectivity index (χ4n) is 8.79. The summed E-state index contributed by atoms with van der Waals surface area (Å²) in [7, 11) is 0. The SMILES string of the molecule is CC/C=C\C/C=C\C/C=C\C/C=C\CCCCC(=O)OC(COC(=O)CCCCCCC/C=C\C/C=C\CCCCC)COC(=O)CCCCCCCCCCCCCCCCC/C=C\C/C=C\CCCCCCC. The van der Waals surface area contributed by atoms with Gasteiger partial charge >= 0.3 is 17.9 Å². The van der Waals surface area contributed by atoms with Gasteiger partial charge < -0.3 is 14.2 Å². The second kappa shape index (κ2) is 62.9. The second-order valence-electron chi connectivity index (χ2n) is 20.9. The smallest absolute Gasteiger partial charge is 0.306 e. The molecular weight excluding hydrogens is 925 g/mol. The highest BCUT2D eigenvalue weighted by Crippen LogP contribution is 2.16. The van der Waals surface area contributed by atoms with E-state index in [9.17, 15) is 14.4 Å². The number of hydrogen-bond acceptors (Lipinski definition) is 6. The molecule has 1 atom stereocenters. The maximum Gasteiger partial charge on any atom is 0.306 e. The number of carbonyl (C=O) groups excluding carboxylic acids is 3. The topological polar surface area (TPSA) is 78.9 Å². The fourth-order valence-corrected chi connectivity index (χ4v) is 8.79. The minimum Gasteiger partial charge on any atom is -0.462 e. The van der Waals surface area contributed by atoms with Gasteiger partial charge in [0, 0.05) is 19.3 Å². The Morgan fingerprint density at radius 1 is 0.280 bits per heavy atom. The van der Waals surface area contributed by atoms with Gasteiger partial charge in [0.25, 0.3) is 0 Å². The molecule has 6 heteroatoms. The summed E-state index contributed by atoms with van der Waals surface area (Å²) in [6.45, 7) is 6.46. The Hall–Kier alpha value is -3.67. The molecule has 0 aromatic carbocycles. The predicted octanol–water partition coefficient (Wildman–Crippen LogP) is 21.7. The summed E-state index contributed by atoms with van der Waals surface area (Å²) in [6, 6.07) is 0. The average Bonchev–Trinajstić information content (AvgIpc) is 3.41. The van der Waals surface area contributed by atoms with Crippen LogP contribution in [0.3, 0.4) is 0 Å². The van der Waals surface area contributed by atoms with Crippen LogP contribution in [-0.2, 0) is 28.6 Å². The summed E-state index contributed by atoms with van der Waals surface area (Å²) in [5.74, 6) is -0.947. The zero-order valence-corrected chi connectivity index (χ0v) is 49.3. The van der Waals surface area contributed by atoms with Crippen LogP contribution in [0.15, 0.2) is 97.2 Å². The highest BCUT2D eigenvalue weighted by atomic mass is 16.6. The van der Waals surface area contributed by atoms with Gasteiger partial charge in [0.1, 0.15) is 13.2 Å². The molecule has 0 aromatic rings. The molecule has 0 aromatic heterocycles. The van der Waals surface area contributed by atoms with Crippen molar-refractivity contribution < 1.29 is 28.6 Å². The van der Waals surface area contributed by atoms with Crippen molar-refractivity contribution in [3.8, 4) is 0 Å². The highest BCUT2D eigenvalue weighted by Gasteiger charge is 2.19. The number of hydrogen-bond donors (Lipinski definition) is 0. The van der Waals surface area contributed by atoms with E-state index in [0.29, 0.717) is 19.3 Å². The first-order valence-electron chi connectivity index (χ1n) is 31.7. The lowest BCUT2D eigenvalue weighted by Crippen LogP contribution is -2.30. The second-order valence-corrected chi connectivity index (χ2v) is 20.9. The maximum absolute atomic E-state index is 12.9. The van der Waals surface area contributed by atoms with E-state index < -0.39 is 6.10 Å². The van der Waals surface area contributed by atoms with E-state index in [0.717, 1.165) is 109 Å². The van der Waals surface area contributed by atoms with E-state index in [1.807, 2.05) is 0 Å². The lowest BCUT2D eigenvalue weighted by molar-refractivity contribution is -0.167. The molecule has 0 bridgehead atoms. The third-order valence-electron chi connectivity index (χ3n) is 13.5. The van der Waals surface area contributed by atoms with Gasteiger partial charge in [-0.05, 0) is 122 Å². The van der Waals surface area contributed by atoms with Crippen molar-refractivity contribution in [3.05, 3.63) is 97.2 Å². The van der Waals surface area contributed by atoms with E-state index in [1.54, 1.807) is 0 Å². The Morgan fingerprint density at radius 3 is 0.867 bits per heavy atom. The molecule has 430 valence electrons. The van der Waals surface area contributed by atoms with E-state index >= 15 is 0 Å². The number of rotatable bonds is 57. The van der Waals surface area contributed by atoms with Gasteiger partial charge in [0.2, 0.25) is 0 Å². The van der Waals surface area contributed by atoms with E-state index in [4.69, 9.17) is 14.2 Å². The Bertz CT molecular complexity index is 1480. The molecule has 0 saturated carbocycles. The molecule has 0 aliphatic heterocycles. The van der Waals surface area contributed by atoms with Crippen LogP contribution >= 0.6 is 0 Å². The van der Waals surface area contributed by atoms with Crippen LogP contribution in [0, 0.1) is 0 Å². The number of carbonyl (C=O) groups is 3. The summed E-state index contributed by atoms with van der Waals surface area (Å²) >= 11 is 0. The van der Waals surface area contributed by atoms with Crippen LogP contribution in [-0.4, -0.2) is 37.2 Å². The molecule has 0 saturated heterocycles. The molecule has 1 unspecified atom stereocenters. The van der Waals surface area contributed by atoms with Crippen molar-refractivity contribution in [1.29, 1.82) is 0 Å². The molecule has 0 fully saturated rings. The van der Waals surface area contributed by atoms with Crippen molar-refractivity contribution in [2.75, 3.05) is 13.2 Å². The first kappa shape index (κ1) is 71.3. The van der Waals surface area contributed by atoms with Crippen LogP contribution in [0.2, 0.25) is 0 Å². The zero-order chi connectivity index (χ0) is 54.3. The van der Waals surface area contributed by atoms with E-state index in [1.165, 1.54) is 148 Å². The van der Waals surface area contributed by atoms with Crippen molar-refractivity contribution in [1.82, 2.24) is 0 Å². The summed E-state index contributed by atoms with van der Waals surface area (Å²) in [5.41, 5.74) is 0. The van der Waals surface area contributed by atoms with E-state index in [2.05, 4.69) is 118 Å². The Morgan fingerprint density at radius 2 is 0.520 bits per heavy atom. The Kier molecular flexibility index (Phi) is 59.8. The molecule has 0 rings (SSSR count). The van der Waals surface area contributed by atoms with E-state index in [-0.39, 0.29) is 37.5 Å². The quantitative estimate of drug-likeness (QED) is 0.0261. The number of unbranched alkanes of at least 4 members (excludes halogenated alkanes) is 30. The van der Waals surface area contributed by atoms with Gasteiger partial charge in [-0.25, -0.2) is 0 Å². The van der Waals surface area contributed by atoms with Crippen molar-refractivity contribution in [3.63, 3.8) is 0 Å². The van der Waals surface area contributed by atoms with Gasteiger partial charge in [-0.1, -0.05) is 259 Å². The molecule has 0 aliphatic carbocycles. The minimum atomic E-state index is -0.806. The lowest BCUT2D eigenvalue weighted by Gasteiger charge is -2.18. The van der Waals surface area contributed by atoms with Crippen molar-refractivity contribution >= 4 is 17.9 Å². The van der Waals surface area contributed by atoms with Crippen LogP contribution in [0.4, 0.5) is 0 Å². The molecule has 75 heavy (non-hydrogen) atoms. The Labute approximate surface area is 464 Å². The largest absolute Gasteiger partial charge is 0.462 e. The van der Waals surface area contributed by atoms with Gasteiger partial charge in [0.15, 0.2) is 6.10 Å². The normalized spacial score (nSPS) is 12.7. The van der Waals surface area contributed by atoms with Crippen LogP contribution in [0.5, 0.6) is 0 Å². The summed E-state index contributed by atoms with van der Waals surface area (Å²) in [6.07, 6.45) is 84.2. The standard InChI is InChI=1S/C69H118O6/c1-4-7-10-13-16-19-22-25-28-29-30-31-32-33-34-35-36-37-38-39-42-44-47-50-53-56-59-62-68(71)74-65-66(75-69(72)63-60-57-54-51-48-45-41-27-24-21-18-15-12-9-6-3)64-73-67(70)61-58-55-52-49-46-43-40-26-23-20-17-14-11-8-5-2/h9,12,17-18,20-22,25-27,29-30,40-41,48,51,66H,4-8,10-11,13-16,19,23-24,28,31-39,42-47,49-50,52-65H2,1-3H3/b12-9-,20-17-,21-18-,25-22-,30-29-,40-26-,41-27-,51-48-. The number of esters is 3. The predicted molar refractivity (Wildman–Crippen MR) is 325 cm³/mol. The molecule has 0 aliphatic rings. The third-order valence-corrected chi connectivity index (χ3v) is 13.5. The summed E-state index contributed by atoms with van der Waals surface area (Å²) in [5, 5.41) is 0. The van der Waals surface area contributed by atoms with Gasteiger partial charge in [-0.3, -0.25) is 14.4 Å². The maximum atomic E-state index is 12.9. The molecule has 0 N–H and O–H groups in total. The van der Waals surface area contributed by atoms with Gasteiger partial charge in [0.05, 0.1) is 0 Å².